The fourth-order valence-corrected chi connectivity index (χ4v) is 4.10. The van der Waals surface area contributed by atoms with Crippen LogP contribution in [0.4, 0.5) is 0 Å². The molecule has 2 aromatic rings. The quantitative estimate of drug-likeness (QED) is 0.920. The summed E-state index contributed by atoms with van der Waals surface area (Å²) < 4.78 is 2.02. The number of hydrogen-bond acceptors (Lipinski definition) is 4. The largest absolute Gasteiger partial charge is 0.307 e. The van der Waals surface area contributed by atoms with Gasteiger partial charge in [0.25, 0.3) is 0 Å². The zero-order chi connectivity index (χ0) is 13.9. The second kappa shape index (κ2) is 6.06. The van der Waals surface area contributed by atoms with Gasteiger partial charge in [-0.1, -0.05) is 6.92 Å². The molecule has 0 amide bonds. The molecule has 0 spiro atoms. The fraction of sp³-hybridized carbons (Fsp3) is 0.600. The highest BCUT2D eigenvalue weighted by atomic mass is 32.1. The Morgan fingerprint density at radius 2 is 2.25 bits per heavy atom. The summed E-state index contributed by atoms with van der Waals surface area (Å²) >= 11 is 1.87. The molecule has 0 saturated carbocycles. The Bertz CT molecular complexity index is 549. The molecule has 4 nitrogen and oxygen atoms in total. The molecule has 108 valence electrons. The van der Waals surface area contributed by atoms with E-state index in [1.54, 1.807) is 0 Å². The van der Waals surface area contributed by atoms with Crippen molar-refractivity contribution in [3.8, 4) is 0 Å². The predicted molar refractivity (Wildman–Crippen MR) is 82.2 cm³/mol. The van der Waals surface area contributed by atoms with E-state index in [9.17, 15) is 0 Å². The smallest absolute Gasteiger partial charge is 0.115 e. The van der Waals surface area contributed by atoms with Gasteiger partial charge in [-0.05, 0) is 39.2 Å². The first-order valence-electron chi connectivity index (χ1n) is 7.50. The third kappa shape index (κ3) is 2.65. The Balaban J connectivity index is 1.86. The topological polar surface area (TPSA) is 42.7 Å². The summed E-state index contributed by atoms with van der Waals surface area (Å²) in [7, 11) is 2.00. The van der Waals surface area contributed by atoms with Crippen molar-refractivity contribution < 1.29 is 0 Å². The molecular weight excluding hydrogens is 268 g/mol. The second-order valence-corrected chi connectivity index (χ2v) is 6.50. The number of thiazole rings is 1. The molecule has 0 saturated heterocycles. The number of rotatable bonds is 5. The van der Waals surface area contributed by atoms with Crippen LogP contribution < -0.4 is 5.32 Å². The van der Waals surface area contributed by atoms with Gasteiger partial charge in [-0.2, -0.15) is 5.10 Å². The second-order valence-electron chi connectivity index (χ2n) is 5.39. The molecule has 0 aliphatic heterocycles. The molecule has 0 radical (unpaired) electrons. The summed E-state index contributed by atoms with van der Waals surface area (Å²) in [5.41, 5.74) is 2.55. The summed E-state index contributed by atoms with van der Waals surface area (Å²) in [5, 5.41) is 9.02. The van der Waals surface area contributed by atoms with Gasteiger partial charge in [0, 0.05) is 23.2 Å². The predicted octanol–water partition coefficient (Wildman–Crippen LogP) is 2.94. The number of fused-ring (bicyclic) bond motifs is 1. The lowest BCUT2D eigenvalue weighted by atomic mass is 10.0. The molecule has 1 aliphatic rings. The SMILES string of the molecule is CCCn1cc(C(NC)c2nc3c(s2)CCCC3)cn1. The van der Waals surface area contributed by atoms with Crippen LogP contribution in [0.5, 0.6) is 0 Å². The van der Waals surface area contributed by atoms with Gasteiger partial charge in [-0.3, -0.25) is 4.68 Å². The van der Waals surface area contributed by atoms with Crippen LogP contribution in [-0.4, -0.2) is 21.8 Å². The minimum Gasteiger partial charge on any atom is -0.307 e. The summed E-state index contributed by atoms with van der Waals surface area (Å²) in [5.74, 6) is 0. The van der Waals surface area contributed by atoms with Crippen LogP contribution in [0.15, 0.2) is 12.4 Å². The Hall–Kier alpha value is -1.20. The van der Waals surface area contributed by atoms with Crippen molar-refractivity contribution in [2.75, 3.05) is 7.05 Å². The van der Waals surface area contributed by atoms with Gasteiger partial charge in [0.1, 0.15) is 5.01 Å². The van der Waals surface area contributed by atoms with Crippen molar-refractivity contribution in [3.63, 3.8) is 0 Å². The van der Waals surface area contributed by atoms with Gasteiger partial charge in [0.2, 0.25) is 0 Å². The van der Waals surface area contributed by atoms with Crippen LogP contribution in [0, 0.1) is 0 Å². The van der Waals surface area contributed by atoms with E-state index in [1.807, 2.05) is 29.3 Å². The average Bonchev–Trinajstić information content (AvgIpc) is 3.07. The van der Waals surface area contributed by atoms with Crippen molar-refractivity contribution in [1.82, 2.24) is 20.1 Å². The van der Waals surface area contributed by atoms with Gasteiger partial charge in [-0.25, -0.2) is 4.98 Å². The van der Waals surface area contributed by atoms with Crippen LogP contribution in [0.3, 0.4) is 0 Å². The number of nitrogens with one attached hydrogen (secondary N) is 1. The van der Waals surface area contributed by atoms with Crippen molar-refractivity contribution in [1.29, 1.82) is 0 Å². The normalized spacial score (nSPS) is 16.1. The third-order valence-corrected chi connectivity index (χ3v) is 5.06. The lowest BCUT2D eigenvalue weighted by molar-refractivity contribution is 0.600. The maximum absolute atomic E-state index is 4.87. The van der Waals surface area contributed by atoms with E-state index in [1.165, 1.54) is 40.4 Å². The Morgan fingerprint density at radius 1 is 1.40 bits per heavy atom. The molecule has 5 heteroatoms. The molecule has 2 aromatic heterocycles. The number of aromatic nitrogens is 3. The zero-order valence-corrected chi connectivity index (χ0v) is 13.0. The Kier molecular flexibility index (Phi) is 4.17. The van der Waals surface area contributed by atoms with E-state index in [-0.39, 0.29) is 6.04 Å². The molecule has 1 N–H and O–H groups in total. The number of aryl methyl sites for hydroxylation is 3. The molecule has 20 heavy (non-hydrogen) atoms. The first-order valence-corrected chi connectivity index (χ1v) is 8.31. The zero-order valence-electron chi connectivity index (χ0n) is 12.2. The molecule has 0 bridgehead atoms. The standard InChI is InChI=1S/C15H22N4S/c1-3-8-19-10-11(9-17-19)14(16-2)15-18-12-6-4-5-7-13(12)20-15/h9-10,14,16H,3-8H2,1-2H3. The van der Waals surface area contributed by atoms with Crippen LogP contribution in [0.1, 0.15) is 53.4 Å². The van der Waals surface area contributed by atoms with Crippen molar-refractivity contribution in [3.05, 3.63) is 33.5 Å². The minimum absolute atomic E-state index is 0.177. The molecule has 3 rings (SSSR count). The van der Waals surface area contributed by atoms with Crippen LogP contribution in [-0.2, 0) is 19.4 Å². The highest BCUT2D eigenvalue weighted by molar-refractivity contribution is 7.11. The monoisotopic (exact) mass is 290 g/mol. The van der Waals surface area contributed by atoms with Crippen LogP contribution in [0.2, 0.25) is 0 Å². The lowest BCUT2D eigenvalue weighted by Gasteiger charge is -2.10. The maximum Gasteiger partial charge on any atom is 0.115 e. The molecule has 0 fully saturated rings. The van der Waals surface area contributed by atoms with E-state index in [4.69, 9.17) is 4.98 Å². The first kappa shape index (κ1) is 13.8. The lowest BCUT2D eigenvalue weighted by Crippen LogP contribution is -2.17. The Labute approximate surface area is 124 Å². The van der Waals surface area contributed by atoms with Gasteiger partial charge >= 0.3 is 0 Å². The van der Waals surface area contributed by atoms with E-state index in [2.05, 4.69) is 23.5 Å². The number of hydrogen-bond donors (Lipinski definition) is 1. The molecule has 1 unspecified atom stereocenters. The summed E-state index contributed by atoms with van der Waals surface area (Å²) in [4.78, 5) is 6.37. The average molecular weight is 290 g/mol. The van der Waals surface area contributed by atoms with Gasteiger partial charge in [0.15, 0.2) is 0 Å². The van der Waals surface area contributed by atoms with Crippen LogP contribution >= 0.6 is 11.3 Å². The van der Waals surface area contributed by atoms with Crippen molar-refractivity contribution in [2.24, 2.45) is 0 Å². The van der Waals surface area contributed by atoms with E-state index in [0.29, 0.717) is 0 Å². The molecule has 2 heterocycles. The van der Waals surface area contributed by atoms with Crippen molar-refractivity contribution >= 4 is 11.3 Å². The van der Waals surface area contributed by atoms with E-state index in [0.717, 1.165) is 19.4 Å². The van der Waals surface area contributed by atoms with E-state index >= 15 is 0 Å². The minimum atomic E-state index is 0.177. The molecule has 0 aromatic carbocycles. The summed E-state index contributed by atoms with van der Waals surface area (Å²) in [6.45, 7) is 3.15. The van der Waals surface area contributed by atoms with Gasteiger partial charge in [-0.15, -0.1) is 11.3 Å². The highest BCUT2D eigenvalue weighted by Crippen LogP contribution is 2.32. The maximum atomic E-state index is 4.87. The van der Waals surface area contributed by atoms with Crippen LogP contribution in [0.25, 0.3) is 0 Å². The molecule has 1 aliphatic carbocycles. The van der Waals surface area contributed by atoms with Gasteiger partial charge < -0.3 is 5.32 Å². The molecule has 1 atom stereocenters. The molecular formula is C15H22N4S. The third-order valence-electron chi connectivity index (χ3n) is 3.84. The summed E-state index contributed by atoms with van der Waals surface area (Å²) in [6, 6.07) is 0.177. The fourth-order valence-electron chi connectivity index (χ4n) is 2.81. The van der Waals surface area contributed by atoms with Gasteiger partial charge in [0.05, 0.1) is 17.9 Å². The summed E-state index contributed by atoms with van der Waals surface area (Å²) in [6.07, 6.45) is 10.2. The highest BCUT2D eigenvalue weighted by Gasteiger charge is 2.22. The number of nitrogens with zero attached hydrogens (tertiary/aromatic N) is 3. The Morgan fingerprint density at radius 3 is 3.00 bits per heavy atom. The van der Waals surface area contributed by atoms with E-state index < -0.39 is 0 Å². The first-order chi connectivity index (χ1) is 9.81. The van der Waals surface area contributed by atoms with Crippen molar-refractivity contribution in [2.45, 2.75) is 51.6 Å².